The van der Waals surface area contributed by atoms with E-state index in [1.54, 1.807) is 19.1 Å². The number of carbonyl (C=O) groups excluding carboxylic acids is 1. The molecule has 3 aromatic rings. The van der Waals surface area contributed by atoms with Crippen molar-refractivity contribution in [3.05, 3.63) is 57.8 Å². The van der Waals surface area contributed by atoms with Gasteiger partial charge in [-0.3, -0.25) is 4.79 Å². The molecule has 1 aliphatic rings. The van der Waals surface area contributed by atoms with E-state index in [0.717, 1.165) is 27.7 Å². The highest BCUT2D eigenvalue weighted by atomic mass is 79.9. The summed E-state index contributed by atoms with van der Waals surface area (Å²) in [4.78, 5) is 15.9. The Morgan fingerprint density at radius 2 is 1.75 bits per heavy atom. The largest absolute Gasteiger partial charge is 0.493 e. The van der Waals surface area contributed by atoms with Crippen molar-refractivity contribution in [2.24, 2.45) is 0 Å². The smallest absolute Gasteiger partial charge is 0.295 e. The maximum absolute atomic E-state index is 12.9. The lowest BCUT2D eigenvalue weighted by Gasteiger charge is -2.28. The van der Waals surface area contributed by atoms with Gasteiger partial charge < -0.3 is 14.4 Å². The molecule has 28 heavy (non-hydrogen) atoms. The Morgan fingerprint density at radius 1 is 1.07 bits per heavy atom. The lowest BCUT2D eigenvalue weighted by molar-refractivity contribution is 0.0721. The van der Waals surface area contributed by atoms with Crippen LogP contribution in [0.1, 0.15) is 21.7 Å². The number of methoxy groups -OCH3 is 2. The molecule has 0 saturated heterocycles. The molecule has 8 nitrogen and oxygen atoms in total. The van der Waals surface area contributed by atoms with E-state index in [0.29, 0.717) is 24.6 Å². The van der Waals surface area contributed by atoms with Crippen molar-refractivity contribution in [1.29, 1.82) is 0 Å². The predicted octanol–water partition coefficient (Wildman–Crippen LogP) is 2.64. The molecule has 1 aromatic heterocycles. The van der Waals surface area contributed by atoms with Crippen LogP contribution in [0.3, 0.4) is 0 Å². The Kier molecular flexibility index (Phi) is 4.99. The fraction of sp³-hybridized carbons (Fsp3) is 0.263. The summed E-state index contributed by atoms with van der Waals surface area (Å²) in [5, 5.41) is 12.2. The van der Waals surface area contributed by atoms with Gasteiger partial charge in [0.25, 0.3) is 11.7 Å². The summed E-state index contributed by atoms with van der Waals surface area (Å²) in [6, 6.07) is 11.3. The minimum absolute atomic E-state index is 0.0758. The Balaban J connectivity index is 1.54. The molecule has 0 radical (unpaired) electrons. The van der Waals surface area contributed by atoms with Gasteiger partial charge >= 0.3 is 0 Å². The van der Waals surface area contributed by atoms with Gasteiger partial charge in [0, 0.05) is 17.6 Å². The molecule has 1 amide bonds. The van der Waals surface area contributed by atoms with Crippen LogP contribution in [0, 0.1) is 0 Å². The van der Waals surface area contributed by atoms with E-state index in [-0.39, 0.29) is 11.7 Å². The van der Waals surface area contributed by atoms with E-state index in [2.05, 4.69) is 31.3 Å². The second kappa shape index (κ2) is 7.59. The van der Waals surface area contributed by atoms with Crippen molar-refractivity contribution in [2.75, 3.05) is 20.8 Å². The number of carbonyl (C=O) groups is 1. The SMILES string of the molecule is COc1cc2c(cc1OC)CN(C(=O)c1nnn(-c3ccc(Br)cc3)n1)CC2. The Morgan fingerprint density at radius 3 is 2.43 bits per heavy atom. The zero-order valence-corrected chi connectivity index (χ0v) is 17.0. The molecule has 2 aromatic carbocycles. The summed E-state index contributed by atoms with van der Waals surface area (Å²) in [5.41, 5.74) is 2.90. The number of halogens is 1. The highest BCUT2D eigenvalue weighted by molar-refractivity contribution is 9.10. The fourth-order valence-corrected chi connectivity index (χ4v) is 3.45. The molecule has 0 N–H and O–H groups in total. The molecule has 4 rings (SSSR count). The molecule has 0 unspecified atom stereocenters. The second-order valence-corrected chi connectivity index (χ2v) is 7.25. The zero-order valence-electron chi connectivity index (χ0n) is 15.4. The molecule has 0 bridgehead atoms. The van der Waals surface area contributed by atoms with Gasteiger partial charge in [-0.25, -0.2) is 0 Å². The first kappa shape index (κ1) is 18.4. The molecule has 144 valence electrons. The standard InChI is InChI=1S/C19H18BrN5O3/c1-27-16-9-12-7-8-24(11-13(12)10-17(16)28-2)19(26)18-21-23-25(22-18)15-5-3-14(20)4-6-15/h3-6,9-10H,7-8,11H2,1-2H3. The maximum Gasteiger partial charge on any atom is 0.295 e. The molecule has 1 aliphatic heterocycles. The van der Waals surface area contributed by atoms with Crippen molar-refractivity contribution in [2.45, 2.75) is 13.0 Å². The van der Waals surface area contributed by atoms with Crippen LogP contribution in [-0.2, 0) is 13.0 Å². The van der Waals surface area contributed by atoms with Crippen molar-refractivity contribution < 1.29 is 14.3 Å². The first-order valence-corrected chi connectivity index (χ1v) is 9.47. The van der Waals surface area contributed by atoms with Crippen molar-refractivity contribution in [3.63, 3.8) is 0 Å². The number of amides is 1. The molecular weight excluding hydrogens is 426 g/mol. The number of fused-ring (bicyclic) bond motifs is 1. The van der Waals surface area contributed by atoms with Gasteiger partial charge in [0.2, 0.25) is 0 Å². The molecule has 0 saturated carbocycles. The first-order valence-electron chi connectivity index (χ1n) is 8.68. The number of benzene rings is 2. The maximum atomic E-state index is 12.9. The summed E-state index contributed by atoms with van der Waals surface area (Å²) >= 11 is 3.39. The molecule has 2 heterocycles. The predicted molar refractivity (Wildman–Crippen MR) is 105 cm³/mol. The summed E-state index contributed by atoms with van der Waals surface area (Å²) < 4.78 is 11.7. The van der Waals surface area contributed by atoms with E-state index < -0.39 is 0 Å². The Bertz CT molecular complexity index is 1020. The van der Waals surface area contributed by atoms with E-state index in [4.69, 9.17) is 9.47 Å². The molecular formula is C19H18BrN5O3. The second-order valence-electron chi connectivity index (χ2n) is 6.33. The Labute approximate surface area is 170 Å². The zero-order chi connectivity index (χ0) is 19.7. The van der Waals surface area contributed by atoms with E-state index in [9.17, 15) is 4.79 Å². The van der Waals surface area contributed by atoms with Crippen molar-refractivity contribution in [1.82, 2.24) is 25.1 Å². The third kappa shape index (κ3) is 3.45. The van der Waals surface area contributed by atoms with Crippen LogP contribution in [0.25, 0.3) is 5.69 Å². The van der Waals surface area contributed by atoms with Gasteiger partial charge in [0.1, 0.15) is 0 Å². The third-order valence-electron chi connectivity index (χ3n) is 4.67. The normalized spacial score (nSPS) is 13.2. The van der Waals surface area contributed by atoms with Crippen LogP contribution in [0.2, 0.25) is 0 Å². The molecule has 0 atom stereocenters. The van der Waals surface area contributed by atoms with E-state index in [1.165, 1.54) is 4.80 Å². The van der Waals surface area contributed by atoms with E-state index >= 15 is 0 Å². The summed E-state index contributed by atoms with van der Waals surface area (Å²) in [6.45, 7) is 1.04. The number of rotatable bonds is 4. The number of hydrogen-bond donors (Lipinski definition) is 0. The summed E-state index contributed by atoms with van der Waals surface area (Å²) in [6.07, 6.45) is 0.724. The topological polar surface area (TPSA) is 82.4 Å². The number of hydrogen-bond acceptors (Lipinski definition) is 6. The van der Waals surface area contributed by atoms with Gasteiger partial charge in [0.15, 0.2) is 11.5 Å². The van der Waals surface area contributed by atoms with Crippen LogP contribution >= 0.6 is 15.9 Å². The summed E-state index contributed by atoms with van der Waals surface area (Å²) in [7, 11) is 3.21. The van der Waals surface area contributed by atoms with E-state index in [1.807, 2.05) is 36.4 Å². The van der Waals surface area contributed by atoms with Crippen molar-refractivity contribution >= 4 is 21.8 Å². The lowest BCUT2D eigenvalue weighted by atomic mass is 9.98. The van der Waals surface area contributed by atoms with Crippen LogP contribution in [0.15, 0.2) is 40.9 Å². The average molecular weight is 444 g/mol. The molecule has 9 heteroatoms. The number of nitrogens with zero attached hydrogens (tertiary/aromatic N) is 5. The minimum atomic E-state index is -0.246. The van der Waals surface area contributed by atoms with Gasteiger partial charge in [-0.1, -0.05) is 15.9 Å². The van der Waals surface area contributed by atoms with Crippen LogP contribution in [0.5, 0.6) is 11.5 Å². The third-order valence-corrected chi connectivity index (χ3v) is 5.20. The van der Waals surface area contributed by atoms with Crippen LogP contribution in [-0.4, -0.2) is 51.8 Å². The molecule has 0 spiro atoms. The quantitative estimate of drug-likeness (QED) is 0.616. The van der Waals surface area contributed by atoms with Gasteiger partial charge in [0.05, 0.1) is 19.9 Å². The monoisotopic (exact) mass is 443 g/mol. The number of aromatic nitrogens is 4. The average Bonchev–Trinajstić information content (AvgIpc) is 3.22. The molecule has 0 aliphatic carbocycles. The van der Waals surface area contributed by atoms with Gasteiger partial charge in [-0.15, -0.1) is 15.0 Å². The lowest BCUT2D eigenvalue weighted by Crippen LogP contribution is -2.36. The summed E-state index contributed by atoms with van der Waals surface area (Å²) in [5.74, 6) is 1.17. The number of tetrazole rings is 1. The van der Waals surface area contributed by atoms with Crippen LogP contribution in [0.4, 0.5) is 0 Å². The van der Waals surface area contributed by atoms with Gasteiger partial charge in [-0.05, 0) is 59.2 Å². The fourth-order valence-electron chi connectivity index (χ4n) is 3.18. The highest BCUT2D eigenvalue weighted by Crippen LogP contribution is 2.33. The Hall–Kier alpha value is -2.94. The van der Waals surface area contributed by atoms with Crippen LogP contribution < -0.4 is 9.47 Å². The number of ether oxygens (including phenoxy) is 2. The first-order chi connectivity index (χ1) is 13.6. The highest BCUT2D eigenvalue weighted by Gasteiger charge is 2.26. The van der Waals surface area contributed by atoms with Crippen molar-refractivity contribution in [3.8, 4) is 17.2 Å². The van der Waals surface area contributed by atoms with Gasteiger partial charge in [-0.2, -0.15) is 0 Å². The minimum Gasteiger partial charge on any atom is -0.493 e. The molecule has 0 fully saturated rings.